The summed E-state index contributed by atoms with van der Waals surface area (Å²) in [7, 11) is -8.00. The zero-order valence-corrected chi connectivity index (χ0v) is 20.5. The van der Waals surface area contributed by atoms with Crippen LogP contribution in [0.15, 0.2) is 52.3 Å². The fourth-order valence-corrected chi connectivity index (χ4v) is 6.59. The highest BCUT2D eigenvalue weighted by Gasteiger charge is 2.47. The number of alkyl halides is 3. The van der Waals surface area contributed by atoms with Gasteiger partial charge >= 0.3 is 6.18 Å². The standard InChI is InChI=1S/C21H21ClF3N3O4S2/c1-13(2)33(29,30)14-8-10-15(11-9-14)34(31,32)28-17-6-3-5-16(22)19(17)20(26-28)27-12-4-7-18(27)21(23,24)25/h3,5-6,8-11,13,18H,4,7,12H2,1-2H3. The van der Waals surface area contributed by atoms with Crippen LogP contribution < -0.4 is 4.90 Å². The zero-order chi connectivity index (χ0) is 25.1. The number of hydrogen-bond donors (Lipinski definition) is 0. The number of benzene rings is 2. The number of aromatic nitrogens is 2. The zero-order valence-electron chi connectivity index (χ0n) is 18.1. The number of halogens is 4. The summed E-state index contributed by atoms with van der Waals surface area (Å²) < 4.78 is 93.1. The molecule has 2 heterocycles. The molecule has 1 saturated heterocycles. The lowest BCUT2D eigenvalue weighted by atomic mass is 10.2. The molecule has 0 aliphatic carbocycles. The monoisotopic (exact) mass is 535 g/mol. The van der Waals surface area contributed by atoms with Crippen LogP contribution in [-0.2, 0) is 19.9 Å². The predicted octanol–water partition coefficient (Wildman–Crippen LogP) is 4.64. The first-order chi connectivity index (χ1) is 15.8. The fourth-order valence-electron chi connectivity index (χ4n) is 4.00. The molecule has 13 heteroatoms. The van der Waals surface area contributed by atoms with E-state index in [9.17, 15) is 30.0 Å². The van der Waals surface area contributed by atoms with E-state index in [1.807, 2.05) is 0 Å². The van der Waals surface area contributed by atoms with Crippen LogP contribution in [0.4, 0.5) is 19.0 Å². The maximum absolute atomic E-state index is 13.6. The van der Waals surface area contributed by atoms with Crippen LogP contribution in [0.5, 0.6) is 0 Å². The van der Waals surface area contributed by atoms with Crippen molar-refractivity contribution >= 4 is 48.2 Å². The molecule has 7 nitrogen and oxygen atoms in total. The van der Waals surface area contributed by atoms with Gasteiger partial charge in [-0.25, -0.2) is 8.42 Å². The number of hydrogen-bond acceptors (Lipinski definition) is 6. The van der Waals surface area contributed by atoms with Gasteiger partial charge in [0.05, 0.1) is 31.0 Å². The van der Waals surface area contributed by atoms with Crippen molar-refractivity contribution in [2.45, 2.75) is 53.9 Å². The molecular weight excluding hydrogens is 515 g/mol. The van der Waals surface area contributed by atoms with Crippen molar-refractivity contribution in [2.24, 2.45) is 0 Å². The van der Waals surface area contributed by atoms with Gasteiger partial charge in [0.2, 0.25) is 0 Å². The van der Waals surface area contributed by atoms with Crippen molar-refractivity contribution in [3.8, 4) is 0 Å². The van der Waals surface area contributed by atoms with Crippen molar-refractivity contribution in [3.63, 3.8) is 0 Å². The van der Waals surface area contributed by atoms with E-state index < -0.39 is 37.3 Å². The first-order valence-electron chi connectivity index (χ1n) is 10.4. The molecule has 3 aromatic rings. The fraction of sp³-hybridized carbons (Fsp3) is 0.381. The van der Waals surface area contributed by atoms with Gasteiger partial charge in [0.15, 0.2) is 15.7 Å². The van der Waals surface area contributed by atoms with Crippen LogP contribution >= 0.6 is 11.6 Å². The lowest BCUT2D eigenvalue weighted by Crippen LogP contribution is -2.41. The molecule has 1 aliphatic heterocycles. The highest BCUT2D eigenvalue weighted by Crippen LogP contribution is 2.41. The van der Waals surface area contributed by atoms with Crippen molar-refractivity contribution in [1.29, 1.82) is 0 Å². The van der Waals surface area contributed by atoms with E-state index in [4.69, 9.17) is 11.6 Å². The molecule has 1 fully saturated rings. The maximum Gasteiger partial charge on any atom is 0.408 e. The molecule has 0 radical (unpaired) electrons. The molecule has 2 aromatic carbocycles. The average molecular weight is 536 g/mol. The first-order valence-corrected chi connectivity index (χ1v) is 13.7. The molecule has 0 spiro atoms. The Bertz CT molecular complexity index is 1450. The van der Waals surface area contributed by atoms with Gasteiger partial charge in [0, 0.05) is 6.54 Å². The highest BCUT2D eigenvalue weighted by molar-refractivity contribution is 7.92. The SMILES string of the molecule is CC(C)S(=O)(=O)c1ccc(S(=O)(=O)n2nc(N3CCCC3C(F)(F)F)c3c(Cl)cccc32)cc1. The van der Waals surface area contributed by atoms with Gasteiger partial charge in [-0.3, -0.25) is 0 Å². The van der Waals surface area contributed by atoms with Gasteiger partial charge in [-0.05, 0) is 63.1 Å². The van der Waals surface area contributed by atoms with Crippen molar-refractivity contribution in [1.82, 2.24) is 9.19 Å². The summed E-state index contributed by atoms with van der Waals surface area (Å²) in [6.45, 7) is 3.06. The van der Waals surface area contributed by atoms with Gasteiger partial charge in [0.25, 0.3) is 10.0 Å². The maximum atomic E-state index is 13.6. The van der Waals surface area contributed by atoms with Crippen LogP contribution in [0.2, 0.25) is 5.02 Å². The van der Waals surface area contributed by atoms with Crippen LogP contribution in [0.1, 0.15) is 26.7 Å². The minimum Gasteiger partial charge on any atom is -0.342 e. The third kappa shape index (κ3) is 4.05. The molecule has 0 N–H and O–H groups in total. The van der Waals surface area contributed by atoms with E-state index in [-0.39, 0.29) is 50.9 Å². The van der Waals surface area contributed by atoms with Gasteiger partial charge in [-0.1, -0.05) is 17.7 Å². The van der Waals surface area contributed by atoms with Gasteiger partial charge in [-0.2, -0.15) is 25.7 Å². The Morgan fingerprint density at radius 2 is 1.65 bits per heavy atom. The van der Waals surface area contributed by atoms with Gasteiger partial charge in [0.1, 0.15) is 6.04 Å². The Morgan fingerprint density at radius 1 is 1.03 bits per heavy atom. The summed E-state index contributed by atoms with van der Waals surface area (Å²) in [5.74, 6) is -0.164. The third-order valence-corrected chi connectivity index (χ3v) is 9.89. The van der Waals surface area contributed by atoms with E-state index in [0.717, 1.165) is 17.0 Å². The molecular formula is C21H21ClF3N3O4S2. The minimum absolute atomic E-state index is 0.0224. The summed E-state index contributed by atoms with van der Waals surface area (Å²) in [5, 5.41) is 3.57. The normalized spacial score (nSPS) is 17.7. The quantitative estimate of drug-likeness (QED) is 0.473. The summed E-state index contributed by atoms with van der Waals surface area (Å²) in [5.41, 5.74) is 0.0224. The molecule has 1 atom stereocenters. The summed E-state index contributed by atoms with van der Waals surface area (Å²) >= 11 is 6.29. The Balaban J connectivity index is 1.86. The van der Waals surface area contributed by atoms with Crippen molar-refractivity contribution in [3.05, 3.63) is 47.5 Å². The highest BCUT2D eigenvalue weighted by atomic mass is 35.5. The number of rotatable bonds is 5. The van der Waals surface area contributed by atoms with E-state index in [0.29, 0.717) is 4.09 Å². The van der Waals surface area contributed by atoms with Crippen LogP contribution in [-0.4, -0.2) is 50.0 Å². The molecule has 0 amide bonds. The van der Waals surface area contributed by atoms with Crippen LogP contribution in [0, 0.1) is 0 Å². The molecule has 0 bridgehead atoms. The largest absolute Gasteiger partial charge is 0.408 e. The number of nitrogens with zero attached hydrogens (tertiary/aromatic N) is 3. The second kappa shape index (κ2) is 8.42. The first kappa shape index (κ1) is 24.8. The molecule has 1 unspecified atom stereocenters. The smallest absolute Gasteiger partial charge is 0.342 e. The minimum atomic E-state index is -4.52. The molecule has 34 heavy (non-hydrogen) atoms. The van der Waals surface area contributed by atoms with E-state index in [2.05, 4.69) is 5.10 Å². The van der Waals surface area contributed by atoms with Gasteiger partial charge in [-0.15, -0.1) is 5.10 Å². The summed E-state index contributed by atoms with van der Waals surface area (Å²) in [6.07, 6.45) is -4.40. The second-order valence-corrected chi connectivity index (χ2v) is 12.9. The Labute approximate surface area is 200 Å². The second-order valence-electron chi connectivity index (χ2n) is 8.26. The third-order valence-electron chi connectivity index (χ3n) is 5.81. The van der Waals surface area contributed by atoms with E-state index >= 15 is 0 Å². The molecule has 1 aromatic heterocycles. The number of anilines is 1. The van der Waals surface area contributed by atoms with Crippen molar-refractivity contribution < 1.29 is 30.0 Å². The topological polar surface area (TPSA) is 89.3 Å². The number of sulfone groups is 1. The molecule has 4 rings (SSSR count). The van der Waals surface area contributed by atoms with E-state index in [1.165, 1.54) is 44.2 Å². The predicted molar refractivity (Wildman–Crippen MR) is 123 cm³/mol. The van der Waals surface area contributed by atoms with E-state index in [1.54, 1.807) is 0 Å². The van der Waals surface area contributed by atoms with Crippen LogP contribution in [0.3, 0.4) is 0 Å². The number of fused-ring (bicyclic) bond motifs is 1. The summed E-state index contributed by atoms with van der Waals surface area (Å²) in [6, 6.07) is 7.17. The van der Waals surface area contributed by atoms with Crippen molar-refractivity contribution in [2.75, 3.05) is 11.4 Å². The Kier molecular flexibility index (Phi) is 6.14. The lowest BCUT2D eigenvalue weighted by Gasteiger charge is -2.26. The summed E-state index contributed by atoms with van der Waals surface area (Å²) in [4.78, 5) is 0.735. The van der Waals surface area contributed by atoms with Gasteiger partial charge < -0.3 is 4.90 Å². The lowest BCUT2D eigenvalue weighted by molar-refractivity contribution is -0.146. The Hall–Kier alpha value is -2.31. The Morgan fingerprint density at radius 3 is 2.24 bits per heavy atom. The molecule has 184 valence electrons. The van der Waals surface area contributed by atoms with Crippen LogP contribution in [0.25, 0.3) is 10.9 Å². The molecule has 1 aliphatic rings. The molecule has 0 saturated carbocycles. The average Bonchev–Trinajstić information content (AvgIpc) is 3.39.